The van der Waals surface area contributed by atoms with E-state index < -0.39 is 11.9 Å². The monoisotopic (exact) mass is 377 g/mol. The molecule has 2 aromatic carbocycles. The van der Waals surface area contributed by atoms with Crippen LogP contribution in [0.25, 0.3) is 0 Å². The van der Waals surface area contributed by atoms with Crippen molar-refractivity contribution in [2.45, 2.75) is 19.4 Å². The minimum Gasteiger partial charge on any atom is -0.373 e. The molecule has 0 bridgehead atoms. The molecule has 27 heavy (non-hydrogen) atoms. The molecule has 7 heteroatoms. The van der Waals surface area contributed by atoms with Gasteiger partial charge in [0.05, 0.1) is 16.9 Å². The van der Waals surface area contributed by atoms with Gasteiger partial charge in [-0.05, 0) is 48.3 Å². The number of hydrogen-bond donors (Lipinski definition) is 3. The second kappa shape index (κ2) is 8.34. The van der Waals surface area contributed by atoms with Crippen molar-refractivity contribution in [2.75, 3.05) is 10.6 Å². The number of rotatable bonds is 7. The summed E-state index contributed by atoms with van der Waals surface area (Å²) in [6, 6.07) is 18.5. The lowest BCUT2D eigenvalue weighted by molar-refractivity contribution is -0.118. The largest absolute Gasteiger partial charge is 0.373 e. The number of nitriles is 1. The first-order chi connectivity index (χ1) is 13.0. The zero-order valence-electron chi connectivity index (χ0n) is 14.8. The number of aryl methyl sites for hydroxylation is 1. The molecule has 0 saturated carbocycles. The van der Waals surface area contributed by atoms with Crippen LogP contribution >= 0.6 is 11.5 Å². The van der Waals surface area contributed by atoms with Crippen LogP contribution in [0.5, 0.6) is 0 Å². The highest BCUT2D eigenvalue weighted by Gasteiger charge is 2.16. The summed E-state index contributed by atoms with van der Waals surface area (Å²) in [7, 11) is 0. The topological polar surface area (TPSA) is 104 Å². The average molecular weight is 377 g/mol. The Morgan fingerprint density at radius 1 is 1.26 bits per heavy atom. The van der Waals surface area contributed by atoms with Crippen molar-refractivity contribution in [2.24, 2.45) is 5.73 Å². The molecule has 4 N–H and O–H groups in total. The summed E-state index contributed by atoms with van der Waals surface area (Å²) in [4.78, 5) is 11.9. The van der Waals surface area contributed by atoms with E-state index in [4.69, 9.17) is 5.73 Å². The van der Waals surface area contributed by atoms with Gasteiger partial charge in [0.25, 0.3) is 0 Å². The van der Waals surface area contributed by atoms with E-state index in [2.05, 4.69) is 21.1 Å². The second-order valence-corrected chi connectivity index (χ2v) is 6.92. The molecule has 0 aliphatic rings. The Labute approximate surface area is 161 Å². The van der Waals surface area contributed by atoms with Crippen LogP contribution in [0, 0.1) is 18.3 Å². The van der Waals surface area contributed by atoms with Gasteiger partial charge >= 0.3 is 0 Å². The number of aromatic nitrogens is 1. The molecule has 1 atom stereocenters. The van der Waals surface area contributed by atoms with Crippen molar-refractivity contribution in [3.8, 4) is 6.07 Å². The van der Waals surface area contributed by atoms with Gasteiger partial charge in [-0.2, -0.15) is 9.64 Å². The number of nitrogens with zero attached hydrogens (tertiary/aromatic N) is 2. The Balaban J connectivity index is 1.81. The van der Waals surface area contributed by atoms with E-state index >= 15 is 0 Å². The summed E-state index contributed by atoms with van der Waals surface area (Å²) in [6.45, 7) is 1.91. The van der Waals surface area contributed by atoms with Gasteiger partial charge in [0.15, 0.2) is 0 Å². The van der Waals surface area contributed by atoms with Crippen LogP contribution in [0.15, 0.2) is 54.6 Å². The minimum atomic E-state index is -0.557. The number of nitrogens with one attached hydrogen (secondary N) is 2. The number of anilines is 3. The van der Waals surface area contributed by atoms with Crippen LogP contribution in [0.1, 0.15) is 16.8 Å². The van der Waals surface area contributed by atoms with Crippen LogP contribution in [0.4, 0.5) is 16.4 Å². The van der Waals surface area contributed by atoms with Gasteiger partial charge in [0.2, 0.25) is 5.91 Å². The first kappa shape index (κ1) is 18.4. The first-order valence-electron chi connectivity index (χ1n) is 8.39. The van der Waals surface area contributed by atoms with Crippen LogP contribution in [-0.2, 0) is 11.2 Å². The van der Waals surface area contributed by atoms with Crippen molar-refractivity contribution in [1.82, 2.24) is 4.37 Å². The molecule has 0 fully saturated rings. The van der Waals surface area contributed by atoms with Gasteiger partial charge in [0.1, 0.15) is 17.1 Å². The maximum absolute atomic E-state index is 11.9. The molecule has 136 valence electrons. The predicted molar refractivity (Wildman–Crippen MR) is 108 cm³/mol. The van der Waals surface area contributed by atoms with E-state index in [1.54, 1.807) is 18.2 Å². The molecule has 3 rings (SSSR count). The summed E-state index contributed by atoms with van der Waals surface area (Å²) >= 11 is 1.32. The van der Waals surface area contributed by atoms with E-state index in [-0.39, 0.29) is 0 Å². The maximum atomic E-state index is 11.9. The van der Waals surface area contributed by atoms with Crippen molar-refractivity contribution >= 4 is 33.8 Å². The van der Waals surface area contributed by atoms with E-state index in [9.17, 15) is 10.1 Å². The van der Waals surface area contributed by atoms with Gasteiger partial charge in [-0.15, -0.1) is 0 Å². The average Bonchev–Trinajstić information content (AvgIpc) is 3.07. The Bertz CT molecular complexity index is 978. The maximum Gasteiger partial charge on any atom is 0.240 e. The summed E-state index contributed by atoms with van der Waals surface area (Å²) in [5.74, 6) is -0.434. The Morgan fingerprint density at radius 2 is 2.04 bits per heavy atom. The summed E-state index contributed by atoms with van der Waals surface area (Å²) < 4.78 is 4.23. The predicted octanol–water partition coefficient (Wildman–Crippen LogP) is 3.58. The van der Waals surface area contributed by atoms with Crippen molar-refractivity contribution < 1.29 is 4.79 Å². The molecule has 3 aromatic rings. The molecule has 0 aliphatic carbocycles. The van der Waals surface area contributed by atoms with E-state index in [1.165, 1.54) is 11.5 Å². The number of benzene rings is 2. The fourth-order valence-corrected chi connectivity index (χ4v) is 3.34. The summed E-state index contributed by atoms with van der Waals surface area (Å²) in [6.07, 6.45) is 0.479. The number of carbonyl (C=O) groups excluding carboxylic acids is 1. The quantitative estimate of drug-likeness (QED) is 0.584. The number of primary amides is 1. The summed E-state index contributed by atoms with van der Waals surface area (Å²) in [5, 5.41) is 16.6. The standard InChI is InChI=1S/C20H19N5OS/c1-13-9-19(27-25-13)24-17-11-16(8-7-15(17)12-21)23-18(20(22)26)10-14-5-3-2-4-6-14/h2-9,11,18,23-24H,10H2,1H3,(H2,22,26)/t18-/m1/s1. The third-order valence-corrected chi connectivity index (χ3v) is 4.79. The third kappa shape index (κ3) is 4.84. The number of nitrogens with two attached hydrogens (primary N) is 1. The van der Waals surface area contributed by atoms with E-state index in [1.807, 2.05) is 43.3 Å². The molecule has 1 heterocycles. The number of hydrogen-bond acceptors (Lipinski definition) is 6. The fraction of sp³-hybridized carbons (Fsp3) is 0.150. The van der Waals surface area contributed by atoms with Crippen molar-refractivity contribution in [3.63, 3.8) is 0 Å². The molecule has 0 radical (unpaired) electrons. The minimum absolute atomic E-state index is 0.434. The highest BCUT2D eigenvalue weighted by molar-refractivity contribution is 7.10. The lowest BCUT2D eigenvalue weighted by Gasteiger charge is -2.18. The van der Waals surface area contributed by atoms with Gasteiger partial charge in [-0.1, -0.05) is 30.3 Å². The van der Waals surface area contributed by atoms with E-state index in [0.717, 1.165) is 16.3 Å². The van der Waals surface area contributed by atoms with E-state index in [0.29, 0.717) is 23.4 Å². The first-order valence-corrected chi connectivity index (χ1v) is 9.17. The van der Waals surface area contributed by atoms with Crippen LogP contribution in [0.3, 0.4) is 0 Å². The Kier molecular flexibility index (Phi) is 5.69. The third-order valence-electron chi connectivity index (χ3n) is 3.99. The van der Waals surface area contributed by atoms with Gasteiger partial charge < -0.3 is 16.4 Å². The van der Waals surface area contributed by atoms with Gasteiger partial charge in [0, 0.05) is 12.1 Å². The Morgan fingerprint density at radius 3 is 2.67 bits per heavy atom. The molecular formula is C20H19N5OS. The van der Waals surface area contributed by atoms with Crippen LogP contribution in [0.2, 0.25) is 0 Å². The smallest absolute Gasteiger partial charge is 0.240 e. The van der Waals surface area contributed by atoms with Gasteiger partial charge in [-0.3, -0.25) is 4.79 Å². The van der Waals surface area contributed by atoms with Crippen molar-refractivity contribution in [3.05, 3.63) is 71.4 Å². The fourth-order valence-electron chi connectivity index (χ4n) is 2.66. The summed E-state index contributed by atoms with van der Waals surface area (Å²) in [5.41, 5.74) is 9.36. The molecule has 0 spiro atoms. The molecule has 0 unspecified atom stereocenters. The van der Waals surface area contributed by atoms with Crippen LogP contribution < -0.4 is 16.4 Å². The zero-order chi connectivity index (χ0) is 19.2. The second-order valence-electron chi connectivity index (χ2n) is 6.12. The van der Waals surface area contributed by atoms with Crippen molar-refractivity contribution in [1.29, 1.82) is 5.26 Å². The molecular weight excluding hydrogens is 358 g/mol. The normalized spacial score (nSPS) is 11.4. The molecule has 1 aromatic heterocycles. The Hall–Kier alpha value is -3.37. The highest BCUT2D eigenvalue weighted by Crippen LogP contribution is 2.27. The molecule has 6 nitrogen and oxygen atoms in total. The lowest BCUT2D eigenvalue weighted by Crippen LogP contribution is -2.37. The number of amides is 1. The van der Waals surface area contributed by atoms with Crippen LogP contribution in [-0.4, -0.2) is 16.3 Å². The van der Waals surface area contributed by atoms with Gasteiger partial charge in [-0.25, -0.2) is 0 Å². The molecule has 1 amide bonds. The molecule has 0 aliphatic heterocycles. The highest BCUT2D eigenvalue weighted by atomic mass is 32.1. The lowest BCUT2D eigenvalue weighted by atomic mass is 10.0. The SMILES string of the molecule is Cc1cc(Nc2cc(N[C@H](Cc3ccccc3)C(N)=O)ccc2C#N)sn1. The number of carbonyl (C=O) groups is 1. The molecule has 0 saturated heterocycles. The zero-order valence-corrected chi connectivity index (χ0v) is 15.6.